The van der Waals surface area contributed by atoms with Gasteiger partial charge in [0, 0.05) is 0 Å². The van der Waals surface area contributed by atoms with Gasteiger partial charge in [-0.05, 0) is 12.2 Å². The normalized spacial score (nSPS) is 23.6. The predicted octanol–water partition coefficient (Wildman–Crippen LogP) is 0.735. The SMILES string of the molecule is CCCCSCC(=O)NC1COCC1C(=O)O. The molecule has 17 heavy (non-hydrogen) atoms. The van der Waals surface area contributed by atoms with Crippen LogP contribution >= 0.6 is 11.8 Å². The first-order valence-corrected chi connectivity index (χ1v) is 6.98. The van der Waals surface area contributed by atoms with Crippen LogP contribution in [-0.4, -0.2) is 47.7 Å². The minimum Gasteiger partial charge on any atom is -0.481 e. The molecule has 1 aliphatic rings. The zero-order valence-electron chi connectivity index (χ0n) is 9.98. The van der Waals surface area contributed by atoms with Crippen LogP contribution in [0, 0.1) is 5.92 Å². The highest BCUT2D eigenvalue weighted by molar-refractivity contribution is 7.99. The number of carbonyl (C=O) groups excluding carboxylic acids is 1. The number of aliphatic carboxylic acids is 1. The van der Waals surface area contributed by atoms with Gasteiger partial charge in [-0.2, -0.15) is 11.8 Å². The van der Waals surface area contributed by atoms with E-state index in [2.05, 4.69) is 12.2 Å². The van der Waals surface area contributed by atoms with Crippen molar-refractivity contribution in [2.75, 3.05) is 24.7 Å². The molecule has 1 heterocycles. The van der Waals surface area contributed by atoms with E-state index < -0.39 is 11.9 Å². The number of nitrogens with one attached hydrogen (secondary N) is 1. The molecule has 0 aromatic carbocycles. The number of thioether (sulfide) groups is 1. The Morgan fingerprint density at radius 1 is 1.47 bits per heavy atom. The quantitative estimate of drug-likeness (QED) is 0.661. The van der Waals surface area contributed by atoms with Crippen LogP contribution in [-0.2, 0) is 14.3 Å². The summed E-state index contributed by atoms with van der Waals surface area (Å²) in [6.07, 6.45) is 2.22. The Kier molecular flexibility index (Phi) is 6.36. The molecule has 0 aromatic rings. The Morgan fingerprint density at radius 3 is 2.88 bits per heavy atom. The van der Waals surface area contributed by atoms with Gasteiger partial charge in [0.2, 0.25) is 5.91 Å². The molecule has 98 valence electrons. The van der Waals surface area contributed by atoms with Crippen molar-refractivity contribution in [3.05, 3.63) is 0 Å². The van der Waals surface area contributed by atoms with E-state index in [1.54, 1.807) is 11.8 Å². The average Bonchev–Trinajstić information content (AvgIpc) is 2.72. The smallest absolute Gasteiger partial charge is 0.311 e. The third-order valence-electron chi connectivity index (χ3n) is 2.62. The lowest BCUT2D eigenvalue weighted by Crippen LogP contribution is -2.43. The van der Waals surface area contributed by atoms with E-state index in [4.69, 9.17) is 9.84 Å². The number of amides is 1. The largest absolute Gasteiger partial charge is 0.481 e. The zero-order valence-corrected chi connectivity index (χ0v) is 10.8. The molecule has 0 aromatic heterocycles. The summed E-state index contributed by atoms with van der Waals surface area (Å²) >= 11 is 1.58. The lowest BCUT2D eigenvalue weighted by molar-refractivity contribution is -0.142. The first-order valence-electron chi connectivity index (χ1n) is 5.82. The highest BCUT2D eigenvalue weighted by Gasteiger charge is 2.34. The van der Waals surface area contributed by atoms with Crippen molar-refractivity contribution in [1.29, 1.82) is 0 Å². The van der Waals surface area contributed by atoms with Gasteiger partial charge in [-0.1, -0.05) is 13.3 Å². The molecule has 1 amide bonds. The van der Waals surface area contributed by atoms with Gasteiger partial charge in [0.25, 0.3) is 0 Å². The fourth-order valence-electron chi connectivity index (χ4n) is 1.60. The fraction of sp³-hybridized carbons (Fsp3) is 0.818. The first-order chi connectivity index (χ1) is 8.15. The van der Waals surface area contributed by atoms with Gasteiger partial charge in [0.15, 0.2) is 0 Å². The average molecular weight is 261 g/mol. The summed E-state index contributed by atoms with van der Waals surface area (Å²) in [7, 11) is 0. The van der Waals surface area contributed by atoms with Crippen LogP contribution in [0.25, 0.3) is 0 Å². The summed E-state index contributed by atoms with van der Waals surface area (Å²) in [4.78, 5) is 22.4. The van der Waals surface area contributed by atoms with Gasteiger partial charge in [0.05, 0.1) is 25.0 Å². The molecule has 0 spiro atoms. The third-order valence-corrected chi connectivity index (χ3v) is 3.66. The van der Waals surface area contributed by atoms with E-state index in [1.807, 2.05) is 0 Å². The molecule has 1 aliphatic heterocycles. The Hall–Kier alpha value is -0.750. The topological polar surface area (TPSA) is 75.6 Å². The van der Waals surface area contributed by atoms with Crippen LogP contribution in [0.15, 0.2) is 0 Å². The number of hydrogen-bond donors (Lipinski definition) is 2. The van der Waals surface area contributed by atoms with Crippen molar-refractivity contribution >= 4 is 23.6 Å². The molecular formula is C11H19NO4S. The van der Waals surface area contributed by atoms with Gasteiger partial charge in [-0.3, -0.25) is 9.59 Å². The number of unbranched alkanes of at least 4 members (excludes halogenated alkanes) is 1. The molecule has 5 nitrogen and oxygen atoms in total. The summed E-state index contributed by atoms with van der Waals surface area (Å²) < 4.78 is 5.07. The Labute approximate surface area is 105 Å². The van der Waals surface area contributed by atoms with Crippen molar-refractivity contribution in [3.63, 3.8) is 0 Å². The fourth-order valence-corrected chi connectivity index (χ4v) is 2.51. The van der Waals surface area contributed by atoms with Gasteiger partial charge in [-0.25, -0.2) is 0 Å². The molecule has 2 N–H and O–H groups in total. The maximum atomic E-state index is 11.5. The van der Waals surface area contributed by atoms with Crippen molar-refractivity contribution < 1.29 is 19.4 Å². The second-order valence-electron chi connectivity index (χ2n) is 4.06. The van der Waals surface area contributed by atoms with Crippen LogP contribution in [0.3, 0.4) is 0 Å². The van der Waals surface area contributed by atoms with Crippen LogP contribution < -0.4 is 5.32 Å². The van der Waals surface area contributed by atoms with Crippen molar-refractivity contribution in [1.82, 2.24) is 5.32 Å². The van der Waals surface area contributed by atoms with Crippen LogP contribution in [0.4, 0.5) is 0 Å². The lowest BCUT2D eigenvalue weighted by atomic mass is 10.0. The number of carboxylic acid groups (broad SMARTS) is 1. The Morgan fingerprint density at radius 2 is 2.24 bits per heavy atom. The second kappa shape index (κ2) is 7.55. The number of carbonyl (C=O) groups is 2. The molecule has 0 bridgehead atoms. The predicted molar refractivity (Wildman–Crippen MR) is 66.1 cm³/mol. The van der Waals surface area contributed by atoms with E-state index in [9.17, 15) is 9.59 Å². The van der Waals surface area contributed by atoms with Crippen LogP contribution in [0.1, 0.15) is 19.8 Å². The van der Waals surface area contributed by atoms with Crippen molar-refractivity contribution in [3.8, 4) is 0 Å². The number of rotatable bonds is 7. The van der Waals surface area contributed by atoms with E-state index in [-0.39, 0.29) is 18.6 Å². The maximum absolute atomic E-state index is 11.5. The van der Waals surface area contributed by atoms with Gasteiger partial charge < -0.3 is 15.2 Å². The van der Waals surface area contributed by atoms with Crippen molar-refractivity contribution in [2.24, 2.45) is 5.92 Å². The standard InChI is InChI=1S/C11H19NO4S/c1-2-3-4-17-7-10(13)12-9-6-16-5-8(9)11(14)15/h8-9H,2-7H2,1H3,(H,12,13)(H,14,15). The first kappa shape index (κ1) is 14.3. The van der Waals surface area contributed by atoms with E-state index in [0.29, 0.717) is 12.4 Å². The molecular weight excluding hydrogens is 242 g/mol. The summed E-state index contributed by atoms with van der Waals surface area (Å²) in [6, 6.07) is -0.383. The molecule has 0 aliphatic carbocycles. The van der Waals surface area contributed by atoms with E-state index in [0.717, 1.165) is 18.6 Å². The van der Waals surface area contributed by atoms with Crippen LogP contribution in [0.2, 0.25) is 0 Å². The molecule has 1 fully saturated rings. The molecule has 0 saturated carbocycles. The summed E-state index contributed by atoms with van der Waals surface area (Å²) in [6.45, 7) is 2.58. The molecule has 2 atom stereocenters. The number of hydrogen-bond acceptors (Lipinski definition) is 4. The monoisotopic (exact) mass is 261 g/mol. The van der Waals surface area contributed by atoms with Crippen molar-refractivity contribution in [2.45, 2.75) is 25.8 Å². The van der Waals surface area contributed by atoms with E-state index >= 15 is 0 Å². The third kappa shape index (κ3) is 4.95. The minimum atomic E-state index is -0.911. The van der Waals surface area contributed by atoms with E-state index in [1.165, 1.54) is 0 Å². The van der Waals surface area contributed by atoms with Gasteiger partial charge in [-0.15, -0.1) is 0 Å². The summed E-state index contributed by atoms with van der Waals surface area (Å²) in [5.41, 5.74) is 0. The molecule has 1 saturated heterocycles. The summed E-state index contributed by atoms with van der Waals surface area (Å²) in [5, 5.41) is 11.6. The zero-order chi connectivity index (χ0) is 12.7. The Bertz CT molecular complexity index is 272. The van der Waals surface area contributed by atoms with Gasteiger partial charge in [0.1, 0.15) is 5.92 Å². The molecule has 0 radical (unpaired) electrons. The molecule has 1 rings (SSSR count). The Balaban J connectivity index is 2.23. The maximum Gasteiger partial charge on any atom is 0.311 e. The van der Waals surface area contributed by atoms with Crippen LogP contribution in [0.5, 0.6) is 0 Å². The minimum absolute atomic E-state index is 0.104. The summed E-state index contributed by atoms with van der Waals surface area (Å²) in [5.74, 6) is -0.269. The molecule has 6 heteroatoms. The second-order valence-corrected chi connectivity index (χ2v) is 5.17. The molecule has 2 unspecified atom stereocenters. The highest BCUT2D eigenvalue weighted by Crippen LogP contribution is 2.14. The highest BCUT2D eigenvalue weighted by atomic mass is 32.2. The number of carboxylic acids is 1. The van der Waals surface area contributed by atoms with Gasteiger partial charge >= 0.3 is 5.97 Å². The lowest BCUT2D eigenvalue weighted by Gasteiger charge is -2.15. The number of ether oxygens (including phenoxy) is 1.